The summed E-state index contributed by atoms with van der Waals surface area (Å²) in [7, 11) is 0. The second kappa shape index (κ2) is 8.05. The number of hydrogen-bond donors (Lipinski definition) is 1. The second-order valence-electron chi connectivity index (χ2n) is 7.32. The van der Waals surface area contributed by atoms with Crippen molar-refractivity contribution in [3.63, 3.8) is 0 Å². The van der Waals surface area contributed by atoms with E-state index in [2.05, 4.69) is 26.6 Å². The molecule has 1 aliphatic rings. The zero-order valence-electron chi connectivity index (χ0n) is 17.0. The predicted molar refractivity (Wildman–Crippen MR) is 113 cm³/mol. The number of anilines is 2. The first-order valence-corrected chi connectivity index (χ1v) is 9.77. The SMILES string of the molecule is Cc1ccc(-n2nnc(C(=O)Nc3ccc(N4CCOCC4)cc3C)c2C)cc1. The molecule has 2 heterocycles. The Kier molecular flexibility index (Phi) is 5.31. The molecule has 0 atom stereocenters. The zero-order chi connectivity index (χ0) is 20.4. The lowest BCUT2D eigenvalue weighted by Crippen LogP contribution is -2.36. The summed E-state index contributed by atoms with van der Waals surface area (Å²) in [6.07, 6.45) is 0. The van der Waals surface area contributed by atoms with Gasteiger partial charge in [0.2, 0.25) is 0 Å². The lowest BCUT2D eigenvalue weighted by molar-refractivity contribution is 0.102. The van der Waals surface area contributed by atoms with Crippen LogP contribution in [0.15, 0.2) is 42.5 Å². The molecule has 1 N–H and O–H groups in total. The van der Waals surface area contributed by atoms with Crippen LogP contribution >= 0.6 is 0 Å². The van der Waals surface area contributed by atoms with Crippen molar-refractivity contribution in [1.29, 1.82) is 0 Å². The minimum atomic E-state index is -0.261. The van der Waals surface area contributed by atoms with Crippen LogP contribution in [0, 0.1) is 20.8 Å². The Balaban J connectivity index is 1.51. The number of morpholine rings is 1. The molecule has 0 spiro atoms. The first kappa shape index (κ1) is 19.1. The summed E-state index contributed by atoms with van der Waals surface area (Å²) >= 11 is 0. The lowest BCUT2D eigenvalue weighted by Gasteiger charge is -2.29. The molecule has 1 aliphatic heterocycles. The maximum Gasteiger partial charge on any atom is 0.278 e. The Morgan fingerprint density at radius 3 is 2.38 bits per heavy atom. The van der Waals surface area contributed by atoms with Crippen LogP contribution in [0.1, 0.15) is 27.3 Å². The van der Waals surface area contributed by atoms with Crippen LogP contribution in [0.2, 0.25) is 0 Å². The Labute approximate surface area is 170 Å². The van der Waals surface area contributed by atoms with Crippen LogP contribution in [-0.2, 0) is 4.74 Å². The quantitative estimate of drug-likeness (QED) is 0.739. The summed E-state index contributed by atoms with van der Waals surface area (Å²) in [5.74, 6) is -0.261. The number of aryl methyl sites for hydroxylation is 2. The molecule has 1 aromatic heterocycles. The number of ether oxygens (including phenoxy) is 1. The van der Waals surface area contributed by atoms with Gasteiger partial charge in [-0.3, -0.25) is 4.79 Å². The van der Waals surface area contributed by atoms with E-state index in [4.69, 9.17) is 4.74 Å². The monoisotopic (exact) mass is 391 g/mol. The summed E-state index contributed by atoms with van der Waals surface area (Å²) < 4.78 is 7.10. The predicted octanol–water partition coefficient (Wildman–Crippen LogP) is 3.28. The molecule has 7 nitrogen and oxygen atoms in total. The van der Waals surface area contributed by atoms with Gasteiger partial charge in [-0.2, -0.15) is 0 Å². The van der Waals surface area contributed by atoms with Gasteiger partial charge in [0.05, 0.1) is 24.6 Å². The molecule has 7 heteroatoms. The molecule has 29 heavy (non-hydrogen) atoms. The molecule has 3 aromatic rings. The Bertz CT molecular complexity index is 1020. The molecule has 0 bridgehead atoms. The third-order valence-electron chi connectivity index (χ3n) is 5.22. The van der Waals surface area contributed by atoms with Gasteiger partial charge in [0.15, 0.2) is 5.69 Å². The molecule has 1 fully saturated rings. The summed E-state index contributed by atoms with van der Waals surface area (Å²) in [4.78, 5) is 15.1. The topological polar surface area (TPSA) is 72.3 Å². The first-order valence-electron chi connectivity index (χ1n) is 9.77. The van der Waals surface area contributed by atoms with Crippen molar-refractivity contribution < 1.29 is 9.53 Å². The maximum absolute atomic E-state index is 12.8. The Morgan fingerprint density at radius 2 is 1.69 bits per heavy atom. The lowest BCUT2D eigenvalue weighted by atomic mass is 10.1. The summed E-state index contributed by atoms with van der Waals surface area (Å²) in [6, 6.07) is 14.0. The Hall–Kier alpha value is -3.19. The third kappa shape index (κ3) is 4.00. The van der Waals surface area contributed by atoms with Crippen LogP contribution in [0.3, 0.4) is 0 Å². The van der Waals surface area contributed by atoms with Crippen molar-refractivity contribution >= 4 is 17.3 Å². The number of rotatable bonds is 4. The molecule has 4 rings (SSSR count). The molecule has 0 saturated carbocycles. The van der Waals surface area contributed by atoms with Crippen LogP contribution in [0.4, 0.5) is 11.4 Å². The van der Waals surface area contributed by atoms with E-state index in [1.165, 1.54) is 5.56 Å². The number of hydrogen-bond acceptors (Lipinski definition) is 5. The van der Waals surface area contributed by atoms with E-state index < -0.39 is 0 Å². The van der Waals surface area contributed by atoms with Gasteiger partial charge in [-0.25, -0.2) is 4.68 Å². The standard InChI is InChI=1S/C22H25N5O2/c1-15-4-6-18(7-5-15)27-17(3)21(24-25-27)22(28)23-20-9-8-19(14-16(20)2)26-10-12-29-13-11-26/h4-9,14H,10-13H2,1-3H3,(H,23,28). The highest BCUT2D eigenvalue weighted by Crippen LogP contribution is 2.24. The number of carbonyl (C=O) groups excluding carboxylic acids is 1. The van der Waals surface area contributed by atoms with Gasteiger partial charge in [-0.05, 0) is 56.7 Å². The molecule has 0 unspecified atom stereocenters. The first-order chi connectivity index (χ1) is 14.0. The average molecular weight is 391 g/mol. The van der Waals surface area contributed by atoms with Crippen LogP contribution < -0.4 is 10.2 Å². The molecule has 0 aliphatic carbocycles. The second-order valence-corrected chi connectivity index (χ2v) is 7.32. The zero-order valence-corrected chi connectivity index (χ0v) is 17.0. The molecular weight excluding hydrogens is 366 g/mol. The number of aromatic nitrogens is 3. The minimum absolute atomic E-state index is 0.261. The van der Waals surface area contributed by atoms with Gasteiger partial charge >= 0.3 is 0 Å². The molecule has 150 valence electrons. The van der Waals surface area contributed by atoms with Crippen LogP contribution in [0.25, 0.3) is 5.69 Å². The van der Waals surface area contributed by atoms with Crippen LogP contribution in [0.5, 0.6) is 0 Å². The summed E-state index contributed by atoms with van der Waals surface area (Å²) in [6.45, 7) is 9.13. The molecule has 2 aromatic carbocycles. The minimum Gasteiger partial charge on any atom is -0.378 e. The van der Waals surface area contributed by atoms with E-state index in [-0.39, 0.29) is 5.91 Å². The van der Waals surface area contributed by atoms with Gasteiger partial charge in [0.25, 0.3) is 5.91 Å². The van der Waals surface area contributed by atoms with E-state index in [0.29, 0.717) is 11.4 Å². The maximum atomic E-state index is 12.8. The smallest absolute Gasteiger partial charge is 0.278 e. The van der Waals surface area contributed by atoms with Gasteiger partial charge in [-0.1, -0.05) is 22.9 Å². The number of carbonyl (C=O) groups is 1. The molecule has 1 amide bonds. The van der Waals surface area contributed by atoms with Gasteiger partial charge in [-0.15, -0.1) is 5.10 Å². The van der Waals surface area contributed by atoms with Crippen molar-refractivity contribution in [2.45, 2.75) is 20.8 Å². The van der Waals surface area contributed by atoms with Crippen molar-refractivity contribution in [2.24, 2.45) is 0 Å². The molecular formula is C22H25N5O2. The van der Waals surface area contributed by atoms with E-state index in [9.17, 15) is 4.79 Å². The molecule has 1 saturated heterocycles. The number of benzene rings is 2. The highest BCUT2D eigenvalue weighted by Gasteiger charge is 2.19. The van der Waals surface area contributed by atoms with Crippen molar-refractivity contribution in [1.82, 2.24) is 15.0 Å². The highest BCUT2D eigenvalue weighted by molar-refractivity contribution is 6.04. The van der Waals surface area contributed by atoms with Crippen molar-refractivity contribution in [3.05, 3.63) is 65.0 Å². The molecule has 0 radical (unpaired) electrons. The van der Waals surface area contributed by atoms with E-state index in [1.807, 2.05) is 57.2 Å². The number of amides is 1. The average Bonchev–Trinajstić information content (AvgIpc) is 3.12. The van der Waals surface area contributed by atoms with Crippen molar-refractivity contribution in [3.8, 4) is 5.69 Å². The largest absolute Gasteiger partial charge is 0.378 e. The van der Waals surface area contributed by atoms with Gasteiger partial charge in [0.1, 0.15) is 0 Å². The fraction of sp³-hybridized carbons (Fsp3) is 0.318. The fourth-order valence-electron chi connectivity index (χ4n) is 3.46. The number of nitrogens with zero attached hydrogens (tertiary/aromatic N) is 4. The summed E-state index contributed by atoms with van der Waals surface area (Å²) in [5.41, 5.74) is 6.00. The normalized spacial score (nSPS) is 14.1. The van der Waals surface area contributed by atoms with Crippen molar-refractivity contribution in [2.75, 3.05) is 36.5 Å². The fourth-order valence-corrected chi connectivity index (χ4v) is 3.46. The van der Waals surface area contributed by atoms with E-state index >= 15 is 0 Å². The third-order valence-corrected chi connectivity index (χ3v) is 5.22. The number of nitrogens with one attached hydrogen (secondary N) is 1. The summed E-state index contributed by atoms with van der Waals surface area (Å²) in [5, 5.41) is 11.2. The Morgan fingerprint density at radius 1 is 1.00 bits per heavy atom. The van der Waals surface area contributed by atoms with Gasteiger partial charge in [0, 0.05) is 24.5 Å². The van der Waals surface area contributed by atoms with E-state index in [1.54, 1.807) is 4.68 Å². The van der Waals surface area contributed by atoms with Crippen LogP contribution in [-0.4, -0.2) is 47.2 Å². The highest BCUT2D eigenvalue weighted by atomic mass is 16.5. The van der Waals surface area contributed by atoms with E-state index in [0.717, 1.165) is 48.9 Å². The van der Waals surface area contributed by atoms with Gasteiger partial charge < -0.3 is 15.0 Å².